The lowest BCUT2D eigenvalue weighted by Gasteiger charge is -1.91. The van der Waals surface area contributed by atoms with Crippen molar-refractivity contribution in [3.63, 3.8) is 0 Å². The summed E-state index contributed by atoms with van der Waals surface area (Å²) < 4.78 is 0. The Morgan fingerprint density at radius 2 is 1.56 bits per heavy atom. The molecule has 0 amide bonds. The van der Waals surface area contributed by atoms with Crippen molar-refractivity contribution in [2.45, 2.75) is 41.0 Å². The molecule has 88 valence electrons. The van der Waals surface area contributed by atoms with Crippen LogP contribution in [0.2, 0.25) is 0 Å². The zero-order chi connectivity index (χ0) is 12.4. The predicted molar refractivity (Wildman–Crippen MR) is 75.7 cm³/mol. The molecule has 1 aromatic rings. The van der Waals surface area contributed by atoms with E-state index >= 15 is 0 Å². The SMILES string of the molecule is CC.CC.CC1=c2ccccc2=CCC=C1. The van der Waals surface area contributed by atoms with Crippen molar-refractivity contribution in [2.75, 3.05) is 0 Å². The number of benzene rings is 1. The third kappa shape index (κ3) is 4.06. The van der Waals surface area contributed by atoms with Gasteiger partial charge in [-0.3, -0.25) is 0 Å². The van der Waals surface area contributed by atoms with Crippen LogP contribution in [0.4, 0.5) is 0 Å². The third-order valence-corrected chi connectivity index (χ3v) is 2.23. The number of fused-ring (bicyclic) bond motifs is 1. The fourth-order valence-electron chi connectivity index (χ4n) is 1.56. The van der Waals surface area contributed by atoms with Gasteiger partial charge in [-0.2, -0.15) is 0 Å². The molecule has 0 aliphatic heterocycles. The zero-order valence-electron chi connectivity index (χ0n) is 11.2. The normalized spacial score (nSPS) is 11.9. The van der Waals surface area contributed by atoms with E-state index < -0.39 is 0 Å². The van der Waals surface area contributed by atoms with Gasteiger partial charge in [-0.05, 0) is 29.4 Å². The van der Waals surface area contributed by atoms with Gasteiger partial charge in [0.05, 0.1) is 0 Å². The predicted octanol–water partition coefficient (Wildman–Crippen LogP) is 3.65. The number of hydrogen-bond acceptors (Lipinski definition) is 0. The minimum absolute atomic E-state index is 1.05. The van der Waals surface area contributed by atoms with Gasteiger partial charge >= 0.3 is 0 Å². The highest BCUT2D eigenvalue weighted by molar-refractivity contribution is 5.56. The first-order valence-electron chi connectivity index (χ1n) is 6.30. The van der Waals surface area contributed by atoms with Gasteiger partial charge in [-0.1, -0.05) is 70.2 Å². The van der Waals surface area contributed by atoms with E-state index in [2.05, 4.69) is 49.4 Å². The molecule has 1 aliphatic rings. The molecule has 0 radical (unpaired) electrons. The van der Waals surface area contributed by atoms with Crippen molar-refractivity contribution in [3.8, 4) is 0 Å². The standard InChI is InChI=1S/C12H12.2C2H6/c1-10-6-2-3-7-11-8-4-5-9-12(10)11;2*1-2/h2,4-9H,3H2,1H3;2*1-2H3. The second kappa shape index (κ2) is 8.96. The molecule has 0 bridgehead atoms. The van der Waals surface area contributed by atoms with E-state index in [0.717, 1.165) is 6.42 Å². The highest BCUT2D eigenvalue weighted by Crippen LogP contribution is 1.97. The van der Waals surface area contributed by atoms with Gasteiger partial charge in [0.1, 0.15) is 0 Å². The van der Waals surface area contributed by atoms with Crippen molar-refractivity contribution in [3.05, 3.63) is 46.9 Å². The second-order valence-corrected chi connectivity index (χ2v) is 3.11. The van der Waals surface area contributed by atoms with Crippen molar-refractivity contribution in [1.29, 1.82) is 0 Å². The van der Waals surface area contributed by atoms with Crippen molar-refractivity contribution in [2.24, 2.45) is 0 Å². The molecule has 0 fully saturated rings. The summed E-state index contributed by atoms with van der Waals surface area (Å²) in [5.41, 5.74) is 1.36. The Labute approximate surface area is 100 Å². The average Bonchev–Trinajstić information content (AvgIpc) is 2.57. The smallest absolute Gasteiger partial charge is 0.0157 e. The van der Waals surface area contributed by atoms with Crippen LogP contribution in [0.3, 0.4) is 0 Å². The molecule has 0 spiro atoms. The van der Waals surface area contributed by atoms with E-state index in [-0.39, 0.29) is 0 Å². The first kappa shape index (κ1) is 14.7. The first-order valence-corrected chi connectivity index (χ1v) is 6.30. The van der Waals surface area contributed by atoms with E-state index in [9.17, 15) is 0 Å². The van der Waals surface area contributed by atoms with Crippen LogP contribution in [0.5, 0.6) is 0 Å². The van der Waals surface area contributed by atoms with E-state index in [1.165, 1.54) is 16.0 Å². The maximum absolute atomic E-state index is 2.27. The Morgan fingerprint density at radius 3 is 2.25 bits per heavy atom. The molecule has 0 nitrogen and oxygen atoms in total. The summed E-state index contributed by atoms with van der Waals surface area (Å²) >= 11 is 0. The highest BCUT2D eigenvalue weighted by Gasteiger charge is 1.91. The van der Waals surface area contributed by atoms with Crippen LogP contribution in [-0.2, 0) is 0 Å². The first-order chi connectivity index (χ1) is 7.88. The van der Waals surface area contributed by atoms with Crippen LogP contribution in [-0.4, -0.2) is 0 Å². The van der Waals surface area contributed by atoms with Gasteiger partial charge in [0.25, 0.3) is 0 Å². The second-order valence-electron chi connectivity index (χ2n) is 3.11. The molecule has 0 unspecified atom stereocenters. The molecule has 0 aromatic heterocycles. The van der Waals surface area contributed by atoms with E-state index in [0.29, 0.717) is 0 Å². The van der Waals surface area contributed by atoms with Gasteiger partial charge in [0, 0.05) is 0 Å². The Balaban J connectivity index is 0.000000509. The molecular weight excluding hydrogens is 192 g/mol. The van der Waals surface area contributed by atoms with Crippen LogP contribution in [0, 0.1) is 0 Å². The lowest BCUT2D eigenvalue weighted by molar-refractivity contribution is 1.45. The molecule has 1 aliphatic carbocycles. The number of hydrogen-bond donors (Lipinski definition) is 0. The average molecular weight is 216 g/mol. The molecule has 0 N–H and O–H groups in total. The van der Waals surface area contributed by atoms with Crippen molar-refractivity contribution < 1.29 is 0 Å². The molecule has 0 saturated carbocycles. The summed E-state index contributed by atoms with van der Waals surface area (Å²) in [4.78, 5) is 0. The van der Waals surface area contributed by atoms with Crippen LogP contribution in [0.25, 0.3) is 11.6 Å². The Kier molecular flexibility index (Phi) is 8.24. The Bertz CT molecular complexity index is 422. The Hall–Kier alpha value is -1.30. The summed E-state index contributed by atoms with van der Waals surface area (Å²) in [6, 6.07) is 8.53. The van der Waals surface area contributed by atoms with E-state index in [1.54, 1.807) is 0 Å². The van der Waals surface area contributed by atoms with E-state index in [1.807, 2.05) is 27.7 Å². The van der Waals surface area contributed by atoms with Crippen LogP contribution < -0.4 is 10.4 Å². The summed E-state index contributed by atoms with van der Waals surface area (Å²) in [5.74, 6) is 0. The third-order valence-electron chi connectivity index (χ3n) is 2.23. The fraction of sp³-hybridized carbons (Fsp3) is 0.375. The summed E-state index contributed by atoms with van der Waals surface area (Å²) in [6.45, 7) is 10.2. The van der Waals surface area contributed by atoms with Crippen LogP contribution in [0.1, 0.15) is 41.0 Å². The highest BCUT2D eigenvalue weighted by atomic mass is 14.0. The quantitative estimate of drug-likeness (QED) is 0.621. The van der Waals surface area contributed by atoms with Crippen molar-refractivity contribution >= 4 is 11.6 Å². The minimum Gasteiger partial charge on any atom is -0.0804 e. The molecule has 0 atom stereocenters. The molecular formula is C16H24. The Morgan fingerprint density at radius 1 is 0.938 bits per heavy atom. The summed E-state index contributed by atoms with van der Waals surface area (Å²) in [7, 11) is 0. The lowest BCUT2D eigenvalue weighted by Crippen LogP contribution is -2.24. The van der Waals surface area contributed by atoms with Gasteiger partial charge in [-0.15, -0.1) is 0 Å². The van der Waals surface area contributed by atoms with Crippen LogP contribution in [0.15, 0.2) is 36.4 Å². The van der Waals surface area contributed by atoms with Crippen molar-refractivity contribution in [1.82, 2.24) is 0 Å². The lowest BCUT2D eigenvalue weighted by atomic mass is 10.1. The summed E-state index contributed by atoms with van der Waals surface area (Å²) in [5, 5.41) is 2.73. The molecule has 2 rings (SSSR count). The number of allylic oxidation sites excluding steroid dienone is 2. The monoisotopic (exact) mass is 216 g/mol. The minimum atomic E-state index is 1.05. The molecule has 0 heteroatoms. The van der Waals surface area contributed by atoms with Gasteiger partial charge in [0.2, 0.25) is 0 Å². The van der Waals surface area contributed by atoms with Gasteiger partial charge in [-0.25, -0.2) is 0 Å². The largest absolute Gasteiger partial charge is 0.0804 e. The maximum Gasteiger partial charge on any atom is -0.0157 e. The van der Waals surface area contributed by atoms with E-state index in [4.69, 9.17) is 0 Å². The zero-order valence-corrected chi connectivity index (χ0v) is 11.2. The molecule has 0 heterocycles. The number of rotatable bonds is 0. The topological polar surface area (TPSA) is 0 Å². The molecule has 0 saturated heterocycles. The summed E-state index contributed by atoms with van der Waals surface area (Å²) in [6.07, 6.45) is 7.72. The molecule has 1 aromatic carbocycles. The maximum atomic E-state index is 2.27. The van der Waals surface area contributed by atoms with Crippen LogP contribution >= 0.6 is 0 Å². The molecule has 16 heavy (non-hydrogen) atoms. The fourth-order valence-corrected chi connectivity index (χ4v) is 1.56. The van der Waals surface area contributed by atoms with Gasteiger partial charge < -0.3 is 0 Å². The van der Waals surface area contributed by atoms with Gasteiger partial charge in [0.15, 0.2) is 0 Å².